The summed E-state index contributed by atoms with van der Waals surface area (Å²) in [7, 11) is 0. The standard InChI is InChI=1S/C14H10Cl3NO/c15-8-9-3-1-2-4-11(9)14(19)18-10-5-6-12(16)13(17)7-10/h1-7H,8H2,(H,18,19). The summed E-state index contributed by atoms with van der Waals surface area (Å²) in [5.74, 6) is 0.0555. The van der Waals surface area contributed by atoms with Crippen LogP contribution in [0.3, 0.4) is 0 Å². The highest BCUT2D eigenvalue weighted by Gasteiger charge is 2.11. The highest BCUT2D eigenvalue weighted by Crippen LogP contribution is 2.25. The predicted octanol–water partition coefficient (Wildman–Crippen LogP) is 4.98. The van der Waals surface area contributed by atoms with Crippen molar-refractivity contribution in [2.45, 2.75) is 5.88 Å². The first kappa shape index (κ1) is 14.2. The summed E-state index contributed by atoms with van der Waals surface area (Å²) in [4.78, 5) is 12.1. The number of hydrogen-bond acceptors (Lipinski definition) is 1. The van der Waals surface area contributed by atoms with E-state index in [4.69, 9.17) is 34.8 Å². The molecule has 0 bridgehead atoms. The Kier molecular flexibility index (Phi) is 4.70. The zero-order valence-electron chi connectivity index (χ0n) is 9.79. The molecule has 1 amide bonds. The van der Waals surface area contributed by atoms with Crippen molar-refractivity contribution in [1.82, 2.24) is 0 Å². The number of carbonyl (C=O) groups excluding carboxylic acids is 1. The Morgan fingerprint density at radius 2 is 1.79 bits per heavy atom. The molecule has 0 aromatic heterocycles. The van der Waals surface area contributed by atoms with Gasteiger partial charge in [-0.3, -0.25) is 4.79 Å². The molecule has 0 saturated carbocycles. The molecular weight excluding hydrogens is 305 g/mol. The number of benzene rings is 2. The third kappa shape index (κ3) is 3.41. The maximum absolute atomic E-state index is 12.1. The van der Waals surface area contributed by atoms with Crippen LogP contribution in [0, 0.1) is 0 Å². The first-order chi connectivity index (χ1) is 9.11. The molecule has 2 nitrogen and oxygen atoms in total. The summed E-state index contributed by atoms with van der Waals surface area (Å²) in [6.45, 7) is 0. The first-order valence-electron chi connectivity index (χ1n) is 5.52. The van der Waals surface area contributed by atoms with Crippen molar-refractivity contribution in [3.8, 4) is 0 Å². The average Bonchev–Trinajstić information content (AvgIpc) is 2.43. The van der Waals surface area contributed by atoms with Gasteiger partial charge in [0.2, 0.25) is 0 Å². The Bertz CT molecular complexity index is 613. The van der Waals surface area contributed by atoms with E-state index in [1.165, 1.54) is 0 Å². The van der Waals surface area contributed by atoms with Crippen LogP contribution in [0.15, 0.2) is 42.5 Å². The minimum absolute atomic E-state index is 0.227. The molecule has 98 valence electrons. The molecule has 1 N–H and O–H groups in total. The van der Waals surface area contributed by atoms with Crippen LogP contribution in [0.2, 0.25) is 10.0 Å². The number of anilines is 1. The minimum atomic E-state index is -0.227. The van der Waals surface area contributed by atoms with E-state index in [9.17, 15) is 4.79 Å². The van der Waals surface area contributed by atoms with Gasteiger partial charge in [0.05, 0.1) is 10.0 Å². The number of carbonyl (C=O) groups is 1. The molecule has 2 rings (SSSR count). The third-order valence-corrected chi connectivity index (χ3v) is 3.61. The normalized spacial score (nSPS) is 10.3. The van der Waals surface area contributed by atoms with Crippen LogP contribution < -0.4 is 5.32 Å². The van der Waals surface area contributed by atoms with Crippen molar-refractivity contribution < 1.29 is 4.79 Å². The van der Waals surface area contributed by atoms with Gasteiger partial charge in [0.15, 0.2) is 0 Å². The van der Waals surface area contributed by atoms with Crippen LogP contribution in [-0.4, -0.2) is 5.91 Å². The fraction of sp³-hybridized carbons (Fsp3) is 0.0714. The molecule has 0 heterocycles. The monoisotopic (exact) mass is 313 g/mol. The average molecular weight is 315 g/mol. The number of hydrogen-bond donors (Lipinski definition) is 1. The van der Waals surface area contributed by atoms with Gasteiger partial charge in [-0.1, -0.05) is 41.4 Å². The Labute approximate surface area is 126 Å². The number of rotatable bonds is 3. The Balaban J connectivity index is 2.23. The van der Waals surface area contributed by atoms with Gasteiger partial charge < -0.3 is 5.32 Å². The zero-order chi connectivity index (χ0) is 13.8. The van der Waals surface area contributed by atoms with E-state index < -0.39 is 0 Å². The SMILES string of the molecule is O=C(Nc1ccc(Cl)c(Cl)c1)c1ccccc1CCl. The fourth-order valence-corrected chi connectivity index (χ4v) is 2.16. The van der Waals surface area contributed by atoms with Crippen LogP contribution in [0.25, 0.3) is 0 Å². The fourth-order valence-electron chi connectivity index (χ4n) is 1.63. The molecule has 0 aliphatic heterocycles. The van der Waals surface area contributed by atoms with Crippen molar-refractivity contribution >= 4 is 46.4 Å². The lowest BCUT2D eigenvalue weighted by molar-refractivity contribution is 0.102. The van der Waals surface area contributed by atoms with Crippen molar-refractivity contribution in [2.24, 2.45) is 0 Å². The van der Waals surface area contributed by atoms with E-state index in [1.54, 1.807) is 30.3 Å². The van der Waals surface area contributed by atoms with Crippen LogP contribution in [0.1, 0.15) is 15.9 Å². The highest BCUT2D eigenvalue weighted by atomic mass is 35.5. The summed E-state index contributed by atoms with van der Waals surface area (Å²) in [5.41, 5.74) is 1.91. The van der Waals surface area contributed by atoms with Gasteiger partial charge in [-0.15, -0.1) is 11.6 Å². The van der Waals surface area contributed by atoms with E-state index in [1.807, 2.05) is 12.1 Å². The number of alkyl halides is 1. The molecule has 0 unspecified atom stereocenters. The number of nitrogens with one attached hydrogen (secondary N) is 1. The van der Waals surface area contributed by atoms with E-state index in [0.717, 1.165) is 5.56 Å². The molecule has 0 aliphatic rings. The molecule has 0 atom stereocenters. The lowest BCUT2D eigenvalue weighted by Crippen LogP contribution is -2.13. The van der Waals surface area contributed by atoms with Crippen molar-refractivity contribution in [1.29, 1.82) is 0 Å². The Morgan fingerprint density at radius 3 is 2.47 bits per heavy atom. The van der Waals surface area contributed by atoms with Gasteiger partial charge in [-0.2, -0.15) is 0 Å². The summed E-state index contributed by atoms with van der Waals surface area (Å²) in [6.07, 6.45) is 0. The largest absolute Gasteiger partial charge is 0.322 e. The van der Waals surface area contributed by atoms with Gasteiger partial charge in [0.1, 0.15) is 0 Å². The van der Waals surface area contributed by atoms with Gasteiger partial charge in [0, 0.05) is 17.1 Å². The molecule has 2 aromatic rings. The second-order valence-electron chi connectivity index (χ2n) is 3.87. The van der Waals surface area contributed by atoms with E-state index in [2.05, 4.69) is 5.32 Å². The van der Waals surface area contributed by atoms with Gasteiger partial charge in [-0.25, -0.2) is 0 Å². The lowest BCUT2D eigenvalue weighted by atomic mass is 10.1. The second kappa shape index (κ2) is 6.29. The van der Waals surface area contributed by atoms with Crippen molar-refractivity contribution in [2.75, 3.05) is 5.32 Å². The highest BCUT2D eigenvalue weighted by molar-refractivity contribution is 6.42. The molecule has 0 radical (unpaired) electrons. The summed E-state index contributed by atoms with van der Waals surface area (Å²) >= 11 is 17.5. The number of halogens is 3. The van der Waals surface area contributed by atoms with Gasteiger partial charge in [-0.05, 0) is 29.8 Å². The molecule has 2 aromatic carbocycles. The first-order valence-corrected chi connectivity index (χ1v) is 6.81. The second-order valence-corrected chi connectivity index (χ2v) is 4.96. The third-order valence-electron chi connectivity index (χ3n) is 2.58. The molecular formula is C14H10Cl3NO. The van der Waals surface area contributed by atoms with Crippen LogP contribution in [0.5, 0.6) is 0 Å². The van der Waals surface area contributed by atoms with Crippen molar-refractivity contribution in [3.63, 3.8) is 0 Å². The van der Waals surface area contributed by atoms with Crippen LogP contribution >= 0.6 is 34.8 Å². The smallest absolute Gasteiger partial charge is 0.255 e. The molecule has 19 heavy (non-hydrogen) atoms. The van der Waals surface area contributed by atoms with Gasteiger partial charge in [0.25, 0.3) is 5.91 Å². The maximum Gasteiger partial charge on any atom is 0.255 e. The quantitative estimate of drug-likeness (QED) is 0.795. The van der Waals surface area contributed by atoms with Crippen LogP contribution in [-0.2, 0) is 5.88 Å². The molecule has 0 fully saturated rings. The predicted molar refractivity (Wildman–Crippen MR) is 80.4 cm³/mol. The van der Waals surface area contributed by atoms with E-state index in [0.29, 0.717) is 21.3 Å². The molecule has 0 spiro atoms. The summed E-state index contributed by atoms with van der Waals surface area (Å²) in [5, 5.41) is 3.60. The summed E-state index contributed by atoms with van der Waals surface area (Å²) < 4.78 is 0. The molecule has 0 saturated heterocycles. The Hall–Kier alpha value is -1.22. The summed E-state index contributed by atoms with van der Waals surface area (Å²) in [6, 6.07) is 12.1. The maximum atomic E-state index is 12.1. The van der Waals surface area contributed by atoms with E-state index >= 15 is 0 Å². The number of amides is 1. The zero-order valence-corrected chi connectivity index (χ0v) is 12.1. The molecule has 0 aliphatic carbocycles. The van der Waals surface area contributed by atoms with Gasteiger partial charge >= 0.3 is 0 Å². The van der Waals surface area contributed by atoms with Crippen molar-refractivity contribution in [3.05, 3.63) is 63.6 Å². The minimum Gasteiger partial charge on any atom is -0.322 e. The topological polar surface area (TPSA) is 29.1 Å². The van der Waals surface area contributed by atoms with Crippen LogP contribution in [0.4, 0.5) is 5.69 Å². The molecule has 5 heteroatoms. The Morgan fingerprint density at radius 1 is 1.05 bits per heavy atom. The van der Waals surface area contributed by atoms with E-state index in [-0.39, 0.29) is 11.8 Å². The lowest BCUT2D eigenvalue weighted by Gasteiger charge is -2.09.